The summed E-state index contributed by atoms with van der Waals surface area (Å²) in [6, 6.07) is 6.74. The summed E-state index contributed by atoms with van der Waals surface area (Å²) >= 11 is 0. The van der Waals surface area contributed by atoms with Crippen molar-refractivity contribution < 1.29 is 0 Å². The van der Waals surface area contributed by atoms with Crippen LogP contribution in [0.5, 0.6) is 0 Å². The van der Waals surface area contributed by atoms with Crippen molar-refractivity contribution in [2.45, 2.75) is 33.4 Å². The highest BCUT2D eigenvalue weighted by Crippen LogP contribution is 2.13. The molecule has 0 radical (unpaired) electrons. The molecule has 96 valence electrons. The third-order valence-electron chi connectivity index (χ3n) is 3.23. The number of hydrogen-bond donors (Lipinski definition) is 1. The second kappa shape index (κ2) is 5.31. The number of benzene rings is 1. The van der Waals surface area contributed by atoms with Crippen LogP contribution in [-0.2, 0) is 13.6 Å². The molecule has 0 aliphatic rings. The van der Waals surface area contributed by atoms with Gasteiger partial charge in [-0.3, -0.25) is 0 Å². The number of rotatable bonds is 4. The van der Waals surface area contributed by atoms with Crippen molar-refractivity contribution in [3.8, 4) is 0 Å². The molecular formula is C14H20N4. The van der Waals surface area contributed by atoms with Crippen molar-refractivity contribution >= 4 is 0 Å². The fourth-order valence-electron chi connectivity index (χ4n) is 2.08. The van der Waals surface area contributed by atoms with Crippen LogP contribution in [0.4, 0.5) is 0 Å². The molecule has 2 rings (SSSR count). The van der Waals surface area contributed by atoms with Gasteiger partial charge in [-0.25, -0.2) is 0 Å². The molecule has 1 unspecified atom stereocenters. The number of aromatic nitrogens is 3. The fraction of sp³-hybridized carbons (Fsp3) is 0.429. The van der Waals surface area contributed by atoms with Crippen LogP contribution in [0, 0.1) is 13.8 Å². The monoisotopic (exact) mass is 244 g/mol. The predicted molar refractivity (Wildman–Crippen MR) is 72.2 cm³/mol. The standard InChI is InChI=1S/C14H20N4/c1-10-5-6-13(11(2)7-10)8-15-12(3)14-17-16-9-18(14)4/h5-7,9,12,15H,8H2,1-4H3. The molecule has 1 aromatic carbocycles. The highest BCUT2D eigenvalue weighted by atomic mass is 15.3. The molecule has 0 fully saturated rings. The first-order chi connectivity index (χ1) is 8.58. The molecule has 0 aliphatic carbocycles. The van der Waals surface area contributed by atoms with Gasteiger partial charge in [0.25, 0.3) is 0 Å². The van der Waals surface area contributed by atoms with E-state index < -0.39 is 0 Å². The predicted octanol–water partition coefficient (Wildman–Crippen LogP) is 2.28. The van der Waals surface area contributed by atoms with E-state index in [1.165, 1.54) is 16.7 Å². The molecule has 0 aliphatic heterocycles. The summed E-state index contributed by atoms with van der Waals surface area (Å²) in [5.74, 6) is 0.958. The summed E-state index contributed by atoms with van der Waals surface area (Å²) in [5, 5.41) is 11.5. The molecule has 0 saturated carbocycles. The van der Waals surface area contributed by atoms with Crippen molar-refractivity contribution in [2.24, 2.45) is 7.05 Å². The van der Waals surface area contributed by atoms with Crippen LogP contribution < -0.4 is 5.32 Å². The Hall–Kier alpha value is -1.68. The summed E-state index contributed by atoms with van der Waals surface area (Å²) in [7, 11) is 1.96. The normalized spacial score (nSPS) is 12.7. The van der Waals surface area contributed by atoms with E-state index in [1.807, 2.05) is 11.6 Å². The topological polar surface area (TPSA) is 42.7 Å². The lowest BCUT2D eigenvalue weighted by Crippen LogP contribution is -2.21. The van der Waals surface area contributed by atoms with Gasteiger partial charge in [-0.05, 0) is 31.9 Å². The van der Waals surface area contributed by atoms with E-state index in [-0.39, 0.29) is 6.04 Å². The van der Waals surface area contributed by atoms with Gasteiger partial charge < -0.3 is 9.88 Å². The Balaban J connectivity index is 2.01. The van der Waals surface area contributed by atoms with E-state index in [0.29, 0.717) is 0 Å². The zero-order chi connectivity index (χ0) is 13.1. The zero-order valence-electron chi connectivity index (χ0n) is 11.4. The lowest BCUT2D eigenvalue weighted by Gasteiger charge is -2.14. The van der Waals surface area contributed by atoms with E-state index in [0.717, 1.165) is 12.4 Å². The zero-order valence-corrected chi connectivity index (χ0v) is 11.4. The van der Waals surface area contributed by atoms with E-state index in [2.05, 4.69) is 54.5 Å². The number of nitrogens with one attached hydrogen (secondary N) is 1. The van der Waals surface area contributed by atoms with E-state index in [1.54, 1.807) is 6.33 Å². The molecular weight excluding hydrogens is 224 g/mol. The van der Waals surface area contributed by atoms with Crippen molar-refractivity contribution in [1.29, 1.82) is 0 Å². The lowest BCUT2D eigenvalue weighted by atomic mass is 10.1. The van der Waals surface area contributed by atoms with Crippen LogP contribution in [0.25, 0.3) is 0 Å². The molecule has 18 heavy (non-hydrogen) atoms. The van der Waals surface area contributed by atoms with Gasteiger partial charge in [-0.15, -0.1) is 10.2 Å². The van der Waals surface area contributed by atoms with Crippen molar-refractivity contribution in [3.05, 3.63) is 47.0 Å². The number of aryl methyl sites for hydroxylation is 3. The molecule has 4 nitrogen and oxygen atoms in total. The van der Waals surface area contributed by atoms with Crippen LogP contribution in [0.15, 0.2) is 24.5 Å². The van der Waals surface area contributed by atoms with E-state index in [9.17, 15) is 0 Å². The van der Waals surface area contributed by atoms with E-state index >= 15 is 0 Å². The first-order valence-electron chi connectivity index (χ1n) is 6.21. The third kappa shape index (κ3) is 2.76. The summed E-state index contributed by atoms with van der Waals surface area (Å²) < 4.78 is 1.94. The summed E-state index contributed by atoms with van der Waals surface area (Å²) in [5.41, 5.74) is 3.96. The molecule has 1 N–H and O–H groups in total. The quantitative estimate of drug-likeness (QED) is 0.897. The number of hydrogen-bond acceptors (Lipinski definition) is 3. The average Bonchev–Trinajstić information content (AvgIpc) is 2.74. The molecule has 0 spiro atoms. The maximum absolute atomic E-state index is 4.11. The minimum atomic E-state index is 0.193. The second-order valence-electron chi connectivity index (χ2n) is 4.83. The largest absolute Gasteiger partial charge is 0.319 e. The van der Waals surface area contributed by atoms with Gasteiger partial charge in [0, 0.05) is 13.6 Å². The van der Waals surface area contributed by atoms with Gasteiger partial charge in [0.2, 0.25) is 0 Å². The Morgan fingerprint density at radius 1 is 1.33 bits per heavy atom. The van der Waals surface area contributed by atoms with Crippen LogP contribution >= 0.6 is 0 Å². The second-order valence-corrected chi connectivity index (χ2v) is 4.83. The van der Waals surface area contributed by atoms with E-state index in [4.69, 9.17) is 0 Å². The highest BCUT2D eigenvalue weighted by molar-refractivity contribution is 5.30. The van der Waals surface area contributed by atoms with Crippen molar-refractivity contribution in [3.63, 3.8) is 0 Å². The molecule has 0 bridgehead atoms. The Morgan fingerprint density at radius 2 is 2.11 bits per heavy atom. The van der Waals surface area contributed by atoms with Gasteiger partial charge in [-0.1, -0.05) is 23.8 Å². The van der Waals surface area contributed by atoms with Crippen LogP contribution in [0.3, 0.4) is 0 Å². The highest BCUT2D eigenvalue weighted by Gasteiger charge is 2.10. The first kappa shape index (κ1) is 12.8. The Kier molecular flexibility index (Phi) is 3.77. The number of nitrogens with zero attached hydrogens (tertiary/aromatic N) is 3. The lowest BCUT2D eigenvalue weighted by molar-refractivity contribution is 0.527. The van der Waals surface area contributed by atoms with Gasteiger partial charge >= 0.3 is 0 Å². The molecule has 0 saturated heterocycles. The molecule has 1 atom stereocenters. The van der Waals surface area contributed by atoms with Gasteiger partial charge in [-0.2, -0.15) is 0 Å². The fourth-order valence-corrected chi connectivity index (χ4v) is 2.08. The van der Waals surface area contributed by atoms with Gasteiger partial charge in [0.15, 0.2) is 0 Å². The molecule has 2 aromatic rings. The summed E-state index contributed by atoms with van der Waals surface area (Å²) in [6.45, 7) is 7.22. The third-order valence-corrected chi connectivity index (χ3v) is 3.23. The Bertz CT molecular complexity index is 530. The maximum atomic E-state index is 4.11. The summed E-state index contributed by atoms with van der Waals surface area (Å²) in [6.07, 6.45) is 1.73. The minimum absolute atomic E-state index is 0.193. The maximum Gasteiger partial charge on any atom is 0.149 e. The van der Waals surface area contributed by atoms with Gasteiger partial charge in [0.05, 0.1) is 6.04 Å². The molecule has 1 aromatic heterocycles. The SMILES string of the molecule is Cc1ccc(CNC(C)c2nncn2C)c(C)c1. The average molecular weight is 244 g/mol. The van der Waals surface area contributed by atoms with Crippen LogP contribution in [0.2, 0.25) is 0 Å². The van der Waals surface area contributed by atoms with Gasteiger partial charge in [0.1, 0.15) is 12.2 Å². The smallest absolute Gasteiger partial charge is 0.149 e. The molecule has 0 amide bonds. The minimum Gasteiger partial charge on any atom is -0.319 e. The Morgan fingerprint density at radius 3 is 2.72 bits per heavy atom. The summed E-state index contributed by atoms with van der Waals surface area (Å²) in [4.78, 5) is 0. The Labute approximate surface area is 108 Å². The van der Waals surface area contributed by atoms with Crippen LogP contribution in [0.1, 0.15) is 35.5 Å². The molecule has 4 heteroatoms. The van der Waals surface area contributed by atoms with Crippen LogP contribution in [-0.4, -0.2) is 14.8 Å². The first-order valence-corrected chi connectivity index (χ1v) is 6.21. The molecule has 1 heterocycles. The van der Waals surface area contributed by atoms with Crippen molar-refractivity contribution in [1.82, 2.24) is 20.1 Å². The van der Waals surface area contributed by atoms with Crippen molar-refractivity contribution in [2.75, 3.05) is 0 Å².